The van der Waals surface area contributed by atoms with Gasteiger partial charge in [-0.25, -0.2) is 0 Å². The van der Waals surface area contributed by atoms with Gasteiger partial charge >= 0.3 is 6.01 Å². The van der Waals surface area contributed by atoms with E-state index in [0.717, 1.165) is 0 Å². The summed E-state index contributed by atoms with van der Waals surface area (Å²) in [6.45, 7) is 1.06. The lowest BCUT2D eigenvalue weighted by Crippen LogP contribution is -2.25. The molecule has 2 aromatic rings. The van der Waals surface area contributed by atoms with Crippen molar-refractivity contribution in [1.29, 1.82) is 0 Å². The molecule has 0 spiro atoms. The van der Waals surface area contributed by atoms with E-state index in [-0.39, 0.29) is 11.8 Å². The fraction of sp³-hybridized carbons (Fsp3) is 0.333. The molecule has 5 nitrogen and oxygen atoms in total. The van der Waals surface area contributed by atoms with Gasteiger partial charge in [-0.1, -0.05) is 11.6 Å². The molecule has 18 heavy (non-hydrogen) atoms. The molecule has 3 rings (SSSR count). The minimum atomic E-state index is 0.00287. The molecular formula is C12H12ClN3O2. The van der Waals surface area contributed by atoms with Gasteiger partial charge in [-0.2, -0.15) is 4.98 Å². The van der Waals surface area contributed by atoms with Crippen LogP contribution in [0.1, 0.15) is 6.42 Å². The molecule has 1 aliphatic heterocycles. The number of halogens is 1. The maximum Gasteiger partial charge on any atom is 0.305 e. The predicted molar refractivity (Wildman–Crippen MR) is 68.5 cm³/mol. The van der Waals surface area contributed by atoms with Crippen molar-refractivity contribution in [1.82, 2.24) is 4.98 Å². The summed E-state index contributed by atoms with van der Waals surface area (Å²) in [4.78, 5) is 17.7. The van der Waals surface area contributed by atoms with E-state index in [1.54, 1.807) is 23.1 Å². The van der Waals surface area contributed by atoms with Gasteiger partial charge in [0.15, 0.2) is 5.58 Å². The summed E-state index contributed by atoms with van der Waals surface area (Å²) in [5.41, 5.74) is 6.86. The van der Waals surface area contributed by atoms with Gasteiger partial charge < -0.3 is 10.2 Å². The number of benzene rings is 1. The molecule has 2 N–H and O–H groups in total. The van der Waals surface area contributed by atoms with Crippen molar-refractivity contribution in [3.05, 3.63) is 23.2 Å². The Hall–Kier alpha value is -1.59. The third kappa shape index (κ3) is 1.85. The van der Waals surface area contributed by atoms with Gasteiger partial charge in [0.05, 0.1) is 0 Å². The van der Waals surface area contributed by atoms with E-state index in [4.69, 9.17) is 21.8 Å². The Bertz CT molecular complexity index is 610. The van der Waals surface area contributed by atoms with Crippen LogP contribution in [0.3, 0.4) is 0 Å². The fourth-order valence-corrected chi connectivity index (χ4v) is 2.29. The molecular weight excluding hydrogens is 254 g/mol. The average Bonchev–Trinajstić information content (AvgIpc) is 2.91. The van der Waals surface area contributed by atoms with E-state index in [1.165, 1.54) is 0 Å². The Kier molecular flexibility index (Phi) is 2.72. The second kappa shape index (κ2) is 4.26. The largest absolute Gasteiger partial charge is 0.423 e. The maximum absolute atomic E-state index is 11.8. The summed E-state index contributed by atoms with van der Waals surface area (Å²) >= 11 is 5.88. The van der Waals surface area contributed by atoms with Crippen molar-refractivity contribution < 1.29 is 9.21 Å². The number of hydrogen-bond acceptors (Lipinski definition) is 4. The first-order chi connectivity index (χ1) is 8.67. The molecule has 0 bridgehead atoms. The number of oxazole rings is 1. The molecule has 1 aromatic carbocycles. The highest BCUT2D eigenvalue weighted by Crippen LogP contribution is 2.28. The molecule has 1 fully saturated rings. The minimum Gasteiger partial charge on any atom is -0.423 e. The van der Waals surface area contributed by atoms with Gasteiger partial charge in [0.25, 0.3) is 0 Å². The first-order valence-corrected chi connectivity index (χ1v) is 6.11. The van der Waals surface area contributed by atoms with Crippen LogP contribution in [0.2, 0.25) is 5.02 Å². The number of carbonyl (C=O) groups is 1. The number of carbonyl (C=O) groups excluding carboxylic acids is 1. The maximum atomic E-state index is 11.8. The first-order valence-electron chi connectivity index (χ1n) is 5.74. The highest BCUT2D eigenvalue weighted by molar-refractivity contribution is 6.31. The minimum absolute atomic E-state index is 0.00287. The molecule has 2 heterocycles. The number of anilines is 1. The van der Waals surface area contributed by atoms with Crippen LogP contribution in [0.15, 0.2) is 22.6 Å². The molecule has 94 valence electrons. The van der Waals surface area contributed by atoms with E-state index in [0.29, 0.717) is 41.6 Å². The van der Waals surface area contributed by atoms with E-state index in [2.05, 4.69) is 4.98 Å². The number of aromatic nitrogens is 1. The number of hydrogen-bond donors (Lipinski definition) is 1. The molecule has 1 aromatic heterocycles. The van der Waals surface area contributed by atoms with Gasteiger partial charge in [0.1, 0.15) is 5.52 Å². The number of nitrogens with two attached hydrogens (primary N) is 1. The topological polar surface area (TPSA) is 72.4 Å². The summed E-state index contributed by atoms with van der Waals surface area (Å²) < 4.78 is 5.56. The van der Waals surface area contributed by atoms with Crippen molar-refractivity contribution in [2.24, 2.45) is 11.7 Å². The predicted octanol–water partition coefficient (Wildman–Crippen LogP) is 1.79. The zero-order valence-corrected chi connectivity index (χ0v) is 10.4. The molecule has 1 aliphatic rings. The van der Waals surface area contributed by atoms with E-state index in [9.17, 15) is 4.79 Å². The zero-order chi connectivity index (χ0) is 12.7. The summed E-state index contributed by atoms with van der Waals surface area (Å²) in [5.74, 6) is 0.180. The normalized spacial score (nSPS) is 20.0. The second-order valence-corrected chi connectivity index (χ2v) is 4.86. The van der Waals surface area contributed by atoms with Crippen LogP contribution in [-0.4, -0.2) is 24.0 Å². The van der Waals surface area contributed by atoms with Crippen LogP contribution in [0.25, 0.3) is 11.1 Å². The van der Waals surface area contributed by atoms with Crippen molar-refractivity contribution in [2.75, 3.05) is 18.0 Å². The number of fused-ring (bicyclic) bond motifs is 1. The standard InChI is InChI=1S/C12H12ClN3O2/c13-8-1-2-10-9(4-8)15-12(18-10)16-6-7(5-14)3-11(16)17/h1-2,4,7H,3,5-6,14H2. The van der Waals surface area contributed by atoms with Crippen molar-refractivity contribution in [3.8, 4) is 0 Å². The molecule has 1 saturated heterocycles. The van der Waals surface area contributed by atoms with Gasteiger partial charge in [-0.15, -0.1) is 0 Å². The summed E-state index contributed by atoms with van der Waals surface area (Å²) in [6.07, 6.45) is 0.454. The van der Waals surface area contributed by atoms with Crippen LogP contribution in [0.5, 0.6) is 0 Å². The summed E-state index contributed by atoms with van der Waals surface area (Å²) in [5, 5.41) is 0.593. The zero-order valence-electron chi connectivity index (χ0n) is 9.60. The third-order valence-corrected chi connectivity index (χ3v) is 3.34. The lowest BCUT2D eigenvalue weighted by Gasteiger charge is -2.10. The second-order valence-electron chi connectivity index (χ2n) is 4.42. The van der Waals surface area contributed by atoms with Crippen LogP contribution >= 0.6 is 11.6 Å². The molecule has 1 atom stereocenters. The van der Waals surface area contributed by atoms with Gasteiger partial charge in [0, 0.05) is 18.0 Å². The van der Waals surface area contributed by atoms with Gasteiger partial charge in [0.2, 0.25) is 5.91 Å². The summed E-state index contributed by atoms with van der Waals surface area (Å²) in [7, 11) is 0. The number of nitrogens with zero attached hydrogens (tertiary/aromatic N) is 2. The third-order valence-electron chi connectivity index (χ3n) is 3.11. The Labute approximate surface area is 109 Å². The van der Waals surface area contributed by atoms with Gasteiger partial charge in [-0.3, -0.25) is 9.69 Å². The Balaban J connectivity index is 1.97. The van der Waals surface area contributed by atoms with Crippen molar-refractivity contribution in [2.45, 2.75) is 6.42 Å². The molecule has 0 saturated carbocycles. The summed E-state index contributed by atoms with van der Waals surface area (Å²) in [6, 6.07) is 5.51. The van der Waals surface area contributed by atoms with Gasteiger partial charge in [-0.05, 0) is 30.7 Å². The number of amides is 1. The molecule has 0 aliphatic carbocycles. The Morgan fingerprint density at radius 3 is 3.11 bits per heavy atom. The van der Waals surface area contributed by atoms with Crippen molar-refractivity contribution >= 4 is 34.6 Å². The quantitative estimate of drug-likeness (QED) is 0.899. The highest BCUT2D eigenvalue weighted by Gasteiger charge is 2.32. The van der Waals surface area contributed by atoms with E-state index in [1.807, 2.05) is 0 Å². The monoisotopic (exact) mass is 265 g/mol. The fourth-order valence-electron chi connectivity index (χ4n) is 2.13. The smallest absolute Gasteiger partial charge is 0.305 e. The van der Waals surface area contributed by atoms with Crippen LogP contribution < -0.4 is 10.6 Å². The van der Waals surface area contributed by atoms with Crippen LogP contribution in [-0.2, 0) is 4.79 Å². The lowest BCUT2D eigenvalue weighted by molar-refractivity contribution is -0.117. The molecule has 1 unspecified atom stereocenters. The molecule has 1 amide bonds. The van der Waals surface area contributed by atoms with E-state index < -0.39 is 0 Å². The van der Waals surface area contributed by atoms with E-state index >= 15 is 0 Å². The Morgan fingerprint density at radius 2 is 2.39 bits per heavy atom. The van der Waals surface area contributed by atoms with Crippen molar-refractivity contribution in [3.63, 3.8) is 0 Å². The first kappa shape index (κ1) is 11.5. The van der Waals surface area contributed by atoms with Crippen LogP contribution in [0.4, 0.5) is 6.01 Å². The average molecular weight is 266 g/mol. The Morgan fingerprint density at radius 1 is 1.56 bits per heavy atom. The SMILES string of the molecule is NCC1CC(=O)N(c2nc3cc(Cl)ccc3o2)C1. The lowest BCUT2D eigenvalue weighted by atomic mass is 10.1. The number of rotatable bonds is 2. The highest BCUT2D eigenvalue weighted by atomic mass is 35.5. The molecule has 6 heteroatoms. The van der Waals surface area contributed by atoms with Crippen LogP contribution in [0, 0.1) is 5.92 Å². The molecule has 0 radical (unpaired) electrons.